The fourth-order valence-electron chi connectivity index (χ4n) is 4.14. The summed E-state index contributed by atoms with van der Waals surface area (Å²) in [5.74, 6) is 1.54. The molecule has 3 aliphatic rings. The zero-order chi connectivity index (χ0) is 17.4. The minimum atomic E-state index is 0.0651. The van der Waals surface area contributed by atoms with Gasteiger partial charge in [-0.1, -0.05) is 0 Å². The van der Waals surface area contributed by atoms with Gasteiger partial charge in [0, 0.05) is 17.0 Å². The summed E-state index contributed by atoms with van der Waals surface area (Å²) in [6, 6.07) is 12.6. The summed E-state index contributed by atoms with van der Waals surface area (Å²) in [7, 11) is 1.66. The zero-order valence-electron chi connectivity index (χ0n) is 14.7. The van der Waals surface area contributed by atoms with E-state index >= 15 is 0 Å². The van der Waals surface area contributed by atoms with Crippen molar-refractivity contribution in [2.24, 2.45) is 5.92 Å². The van der Waals surface area contributed by atoms with Crippen LogP contribution in [0.3, 0.4) is 0 Å². The van der Waals surface area contributed by atoms with Crippen LogP contribution in [0.15, 0.2) is 36.4 Å². The lowest BCUT2D eigenvalue weighted by molar-refractivity contribution is 0.0218. The van der Waals surface area contributed by atoms with Crippen LogP contribution in [-0.2, 0) is 0 Å². The van der Waals surface area contributed by atoms with Crippen LogP contribution in [0, 0.1) is 5.92 Å². The number of benzene rings is 1. The molecule has 5 rings (SSSR count). The number of hydrogen-bond donors (Lipinski definition) is 1. The van der Waals surface area contributed by atoms with Gasteiger partial charge in [-0.2, -0.15) is 0 Å². The summed E-state index contributed by atoms with van der Waals surface area (Å²) >= 11 is 1.55. The molecule has 4 nitrogen and oxygen atoms in total. The summed E-state index contributed by atoms with van der Waals surface area (Å²) in [5.41, 5.74) is 1.11. The van der Waals surface area contributed by atoms with Crippen molar-refractivity contribution in [1.82, 2.24) is 10.2 Å². The molecule has 2 bridgehead atoms. The Balaban J connectivity index is 1.47. The number of carbonyl (C=O) groups excluding carboxylic acids is 1. The van der Waals surface area contributed by atoms with Gasteiger partial charge < -0.3 is 10.1 Å². The molecule has 0 radical (unpaired) electrons. The second-order valence-electron chi connectivity index (χ2n) is 7.01. The molecule has 2 atom stereocenters. The molecule has 25 heavy (non-hydrogen) atoms. The molecular weight excluding hydrogens is 332 g/mol. The van der Waals surface area contributed by atoms with Crippen molar-refractivity contribution in [2.45, 2.75) is 31.8 Å². The van der Waals surface area contributed by atoms with Gasteiger partial charge in [0.1, 0.15) is 5.75 Å². The van der Waals surface area contributed by atoms with Gasteiger partial charge in [-0.15, -0.1) is 11.3 Å². The normalized spacial score (nSPS) is 27.9. The van der Waals surface area contributed by atoms with Crippen molar-refractivity contribution < 1.29 is 9.53 Å². The van der Waals surface area contributed by atoms with Crippen LogP contribution < -0.4 is 10.1 Å². The fraction of sp³-hybridized carbons (Fsp3) is 0.450. The molecule has 1 aromatic heterocycles. The first-order valence-corrected chi connectivity index (χ1v) is 9.76. The molecule has 2 aromatic rings. The molecule has 0 aliphatic carbocycles. The molecule has 3 fully saturated rings. The predicted molar refractivity (Wildman–Crippen MR) is 101 cm³/mol. The molecule has 1 N–H and O–H groups in total. The molecule has 0 spiro atoms. The molecule has 4 heterocycles. The minimum absolute atomic E-state index is 0.0651. The summed E-state index contributed by atoms with van der Waals surface area (Å²) in [6.07, 6.45) is 2.41. The van der Waals surface area contributed by atoms with Gasteiger partial charge in [-0.25, -0.2) is 0 Å². The minimum Gasteiger partial charge on any atom is -0.497 e. The van der Waals surface area contributed by atoms with Crippen LogP contribution >= 0.6 is 11.3 Å². The molecule has 1 aromatic carbocycles. The van der Waals surface area contributed by atoms with Crippen LogP contribution in [0.2, 0.25) is 0 Å². The molecule has 0 saturated carbocycles. The molecule has 0 unspecified atom stereocenters. The van der Waals surface area contributed by atoms with Crippen molar-refractivity contribution in [3.63, 3.8) is 0 Å². The predicted octanol–water partition coefficient (Wildman–Crippen LogP) is 3.64. The number of ether oxygens (including phenoxy) is 1. The maximum atomic E-state index is 12.7. The van der Waals surface area contributed by atoms with Crippen molar-refractivity contribution in [3.8, 4) is 16.2 Å². The number of rotatable bonds is 4. The number of methoxy groups -OCH3 is 1. The number of amides is 1. The smallest absolute Gasteiger partial charge is 0.261 e. The lowest BCUT2D eigenvalue weighted by Crippen LogP contribution is -2.62. The van der Waals surface area contributed by atoms with E-state index in [1.54, 1.807) is 18.4 Å². The van der Waals surface area contributed by atoms with Gasteiger partial charge in [0.15, 0.2) is 0 Å². The summed E-state index contributed by atoms with van der Waals surface area (Å²) in [4.78, 5) is 17.1. The third kappa shape index (κ3) is 3.18. The maximum absolute atomic E-state index is 12.7. The second kappa shape index (κ2) is 6.81. The van der Waals surface area contributed by atoms with Crippen LogP contribution in [0.4, 0.5) is 0 Å². The monoisotopic (exact) mass is 356 g/mol. The van der Waals surface area contributed by atoms with Gasteiger partial charge in [-0.05, 0) is 80.7 Å². The van der Waals surface area contributed by atoms with E-state index in [-0.39, 0.29) is 11.9 Å². The Morgan fingerprint density at radius 3 is 2.52 bits per heavy atom. The third-order valence-corrected chi connectivity index (χ3v) is 6.81. The van der Waals surface area contributed by atoms with E-state index in [1.165, 1.54) is 25.9 Å². The highest BCUT2D eigenvalue weighted by molar-refractivity contribution is 7.17. The first-order valence-electron chi connectivity index (χ1n) is 8.95. The van der Waals surface area contributed by atoms with E-state index in [0.29, 0.717) is 12.0 Å². The van der Waals surface area contributed by atoms with Gasteiger partial charge in [0.2, 0.25) is 0 Å². The van der Waals surface area contributed by atoms with Crippen LogP contribution in [-0.4, -0.2) is 43.1 Å². The van der Waals surface area contributed by atoms with Crippen LogP contribution in [0.5, 0.6) is 5.75 Å². The lowest BCUT2D eigenvalue weighted by atomic mass is 9.79. The number of hydrogen-bond acceptors (Lipinski definition) is 4. The van der Waals surface area contributed by atoms with Crippen molar-refractivity contribution >= 4 is 17.2 Å². The van der Waals surface area contributed by atoms with Crippen LogP contribution in [0.1, 0.15) is 29.4 Å². The average molecular weight is 356 g/mol. The molecule has 3 saturated heterocycles. The number of thiophene rings is 1. The van der Waals surface area contributed by atoms with Crippen molar-refractivity contribution in [3.05, 3.63) is 41.3 Å². The van der Waals surface area contributed by atoms with Crippen molar-refractivity contribution in [2.75, 3.05) is 20.2 Å². The Labute approximate surface area is 152 Å². The lowest BCUT2D eigenvalue weighted by Gasteiger charge is -2.49. The van der Waals surface area contributed by atoms with E-state index in [0.717, 1.165) is 21.1 Å². The summed E-state index contributed by atoms with van der Waals surface area (Å²) < 4.78 is 5.20. The zero-order valence-corrected chi connectivity index (χ0v) is 15.5. The number of piperidine rings is 3. The Morgan fingerprint density at radius 1 is 1.16 bits per heavy atom. The van der Waals surface area contributed by atoms with E-state index in [2.05, 4.69) is 17.1 Å². The van der Waals surface area contributed by atoms with Gasteiger partial charge in [0.05, 0.1) is 12.0 Å². The number of nitrogens with zero attached hydrogens (tertiary/aromatic N) is 1. The molecular formula is C20H24N2O2S. The summed E-state index contributed by atoms with van der Waals surface area (Å²) in [6.45, 7) is 4.60. The first kappa shape index (κ1) is 16.6. The second-order valence-corrected chi connectivity index (χ2v) is 8.09. The van der Waals surface area contributed by atoms with E-state index < -0.39 is 0 Å². The molecule has 3 aliphatic heterocycles. The van der Waals surface area contributed by atoms with E-state index in [9.17, 15) is 4.79 Å². The number of nitrogens with one attached hydrogen (secondary N) is 1. The Kier molecular flexibility index (Phi) is 4.52. The molecule has 5 heteroatoms. The quantitative estimate of drug-likeness (QED) is 0.909. The van der Waals surface area contributed by atoms with Gasteiger partial charge >= 0.3 is 0 Å². The molecule has 132 valence electrons. The average Bonchev–Trinajstić information content (AvgIpc) is 3.15. The highest BCUT2D eigenvalue weighted by Gasteiger charge is 2.40. The highest BCUT2D eigenvalue weighted by atomic mass is 32.1. The number of carbonyl (C=O) groups is 1. The highest BCUT2D eigenvalue weighted by Crippen LogP contribution is 2.33. The fourth-order valence-corrected chi connectivity index (χ4v) is 5.05. The third-order valence-electron chi connectivity index (χ3n) is 5.68. The summed E-state index contributed by atoms with van der Waals surface area (Å²) in [5, 5.41) is 3.31. The number of fused-ring (bicyclic) bond motifs is 3. The van der Waals surface area contributed by atoms with E-state index in [1.807, 2.05) is 36.4 Å². The molecule has 1 amide bonds. The van der Waals surface area contributed by atoms with Gasteiger partial charge in [-0.3, -0.25) is 9.69 Å². The first-order chi connectivity index (χ1) is 12.2. The Hall–Kier alpha value is -1.85. The Morgan fingerprint density at radius 2 is 1.88 bits per heavy atom. The topological polar surface area (TPSA) is 41.6 Å². The SMILES string of the molecule is COc1ccc(-c2ccc(C(=O)N[C@@H]3C4CCN(CC4)[C@H]3C)s2)cc1. The van der Waals surface area contributed by atoms with Gasteiger partial charge in [0.25, 0.3) is 5.91 Å². The maximum Gasteiger partial charge on any atom is 0.261 e. The standard InChI is InChI=1S/C20H24N2O2S/c1-13-19(15-9-11-22(13)12-10-15)21-20(23)18-8-7-17(25-18)14-3-5-16(24-2)6-4-14/h3-8,13,15,19H,9-12H2,1-2H3,(H,21,23)/t13-,19-/m0/s1. The van der Waals surface area contributed by atoms with Crippen molar-refractivity contribution in [1.29, 1.82) is 0 Å². The largest absolute Gasteiger partial charge is 0.497 e. The van der Waals surface area contributed by atoms with Crippen LogP contribution in [0.25, 0.3) is 10.4 Å². The van der Waals surface area contributed by atoms with E-state index in [4.69, 9.17) is 4.74 Å². The Bertz CT molecular complexity index is 745.